The third-order valence-corrected chi connectivity index (χ3v) is 6.90. The summed E-state index contributed by atoms with van der Waals surface area (Å²) in [5.41, 5.74) is 4.43. The number of aryl methyl sites for hydroxylation is 1. The van der Waals surface area contributed by atoms with Gasteiger partial charge in [-0.25, -0.2) is 19.3 Å². The number of nitrogens with zero attached hydrogens (tertiary/aromatic N) is 6. The predicted molar refractivity (Wildman–Crippen MR) is 148 cm³/mol. The molecule has 1 aliphatic heterocycles. The molecule has 1 aliphatic rings. The highest BCUT2D eigenvalue weighted by Gasteiger charge is 2.18. The number of ether oxygens (including phenoxy) is 2. The summed E-state index contributed by atoms with van der Waals surface area (Å²) in [5.74, 6) is 0. The minimum absolute atomic E-state index is 0.437. The molecule has 1 aromatic carbocycles. The summed E-state index contributed by atoms with van der Waals surface area (Å²) in [4.78, 5) is 29.1. The number of carbonyl (C=O) groups excluding carboxylic acids is 1. The first-order valence-electron chi connectivity index (χ1n) is 12.7. The molecular weight excluding hydrogens is 500 g/mol. The molecule has 10 heteroatoms. The molecule has 9 nitrogen and oxygen atoms in total. The molecular formula is C28H32N6O3S. The van der Waals surface area contributed by atoms with Gasteiger partial charge in [-0.2, -0.15) is 0 Å². The van der Waals surface area contributed by atoms with Crippen molar-refractivity contribution in [3.63, 3.8) is 0 Å². The Kier molecular flexibility index (Phi) is 7.71. The number of rotatable bonds is 6. The minimum atomic E-state index is -0.566. The van der Waals surface area contributed by atoms with Crippen LogP contribution in [-0.4, -0.2) is 57.1 Å². The molecule has 5 rings (SSSR count). The normalized spacial score (nSPS) is 14.6. The van der Waals surface area contributed by atoms with Gasteiger partial charge in [0.2, 0.25) is 0 Å². The van der Waals surface area contributed by atoms with Crippen LogP contribution in [-0.2, 0) is 22.4 Å². The number of aromatic nitrogens is 4. The van der Waals surface area contributed by atoms with Crippen molar-refractivity contribution in [3.8, 4) is 11.3 Å². The van der Waals surface area contributed by atoms with Gasteiger partial charge in [-0.05, 0) is 50.6 Å². The maximum atomic E-state index is 12.4. The molecule has 0 saturated carbocycles. The predicted octanol–water partition coefficient (Wildman–Crippen LogP) is 4.90. The van der Waals surface area contributed by atoms with Crippen LogP contribution in [0.1, 0.15) is 26.5 Å². The van der Waals surface area contributed by atoms with Crippen LogP contribution in [0.3, 0.4) is 0 Å². The minimum Gasteiger partial charge on any atom is -0.443 e. The SMILES string of the molecule is CC(C)(C)OC(=O)n1cnc(CCn2c(-c3ccc(N4CCOCC4)cc3)csc2=Nc2cccnc2)c1. The van der Waals surface area contributed by atoms with E-state index in [0.29, 0.717) is 13.0 Å². The Balaban J connectivity index is 1.41. The number of anilines is 1. The molecule has 1 saturated heterocycles. The van der Waals surface area contributed by atoms with Gasteiger partial charge in [0, 0.05) is 49.5 Å². The van der Waals surface area contributed by atoms with Crippen LogP contribution in [0.15, 0.2) is 71.7 Å². The van der Waals surface area contributed by atoms with Gasteiger partial charge in [-0.15, -0.1) is 11.3 Å². The van der Waals surface area contributed by atoms with Gasteiger partial charge in [0.1, 0.15) is 11.9 Å². The summed E-state index contributed by atoms with van der Waals surface area (Å²) >= 11 is 1.59. The molecule has 198 valence electrons. The fraction of sp³-hybridized carbons (Fsp3) is 0.357. The van der Waals surface area contributed by atoms with Crippen LogP contribution in [0.25, 0.3) is 11.3 Å². The third-order valence-electron chi connectivity index (χ3n) is 6.04. The van der Waals surface area contributed by atoms with E-state index in [2.05, 4.69) is 49.1 Å². The van der Waals surface area contributed by atoms with Crippen molar-refractivity contribution >= 4 is 28.8 Å². The summed E-state index contributed by atoms with van der Waals surface area (Å²) in [6.45, 7) is 9.51. The van der Waals surface area contributed by atoms with Crippen LogP contribution in [0.4, 0.5) is 16.2 Å². The Bertz CT molecular complexity index is 1430. The zero-order valence-electron chi connectivity index (χ0n) is 21.9. The highest BCUT2D eigenvalue weighted by molar-refractivity contribution is 7.07. The van der Waals surface area contributed by atoms with E-state index in [4.69, 9.17) is 14.5 Å². The highest BCUT2D eigenvalue weighted by atomic mass is 32.1. The second kappa shape index (κ2) is 11.3. The number of hydrogen-bond acceptors (Lipinski definition) is 8. The fourth-order valence-corrected chi connectivity index (χ4v) is 5.15. The molecule has 0 spiro atoms. The summed E-state index contributed by atoms with van der Waals surface area (Å²) < 4.78 is 14.5. The van der Waals surface area contributed by atoms with Gasteiger partial charge in [0.25, 0.3) is 0 Å². The van der Waals surface area contributed by atoms with Crippen LogP contribution >= 0.6 is 11.3 Å². The lowest BCUT2D eigenvalue weighted by molar-refractivity contribution is 0.0536. The number of imidazole rings is 1. The van der Waals surface area contributed by atoms with Gasteiger partial charge in [0.05, 0.1) is 36.5 Å². The standard InChI is InChI=1S/C28H32N6O3S/c1-28(2,3)37-27(35)33-18-23(30-20-33)10-12-34-25(19-38-26(34)31-22-5-4-11-29-17-22)21-6-8-24(9-7-21)32-13-15-36-16-14-32/h4-9,11,17-20H,10,12-16H2,1-3H3. The van der Waals surface area contributed by atoms with E-state index >= 15 is 0 Å². The maximum absolute atomic E-state index is 12.4. The Hall–Kier alpha value is -3.76. The van der Waals surface area contributed by atoms with Crippen LogP contribution in [0.2, 0.25) is 0 Å². The molecule has 0 bridgehead atoms. The van der Waals surface area contributed by atoms with E-state index in [1.807, 2.05) is 32.9 Å². The zero-order valence-corrected chi connectivity index (χ0v) is 22.7. The molecule has 38 heavy (non-hydrogen) atoms. The lowest BCUT2D eigenvalue weighted by atomic mass is 10.1. The highest BCUT2D eigenvalue weighted by Crippen LogP contribution is 2.25. The van der Waals surface area contributed by atoms with E-state index in [0.717, 1.165) is 53.7 Å². The van der Waals surface area contributed by atoms with Gasteiger partial charge in [0.15, 0.2) is 4.80 Å². The fourth-order valence-electron chi connectivity index (χ4n) is 4.19. The third kappa shape index (κ3) is 6.38. The largest absolute Gasteiger partial charge is 0.443 e. The smallest absolute Gasteiger partial charge is 0.419 e. The Morgan fingerprint density at radius 2 is 1.95 bits per heavy atom. The Morgan fingerprint density at radius 1 is 1.16 bits per heavy atom. The lowest BCUT2D eigenvalue weighted by Gasteiger charge is -2.28. The summed E-state index contributed by atoms with van der Waals surface area (Å²) in [6, 6.07) is 12.5. The average molecular weight is 533 g/mol. The number of thiazole rings is 1. The Labute approximate surface area is 226 Å². The monoisotopic (exact) mass is 532 g/mol. The lowest BCUT2D eigenvalue weighted by Crippen LogP contribution is -2.36. The van der Waals surface area contributed by atoms with E-state index < -0.39 is 11.7 Å². The number of hydrogen-bond donors (Lipinski definition) is 0. The molecule has 0 amide bonds. The van der Waals surface area contributed by atoms with E-state index in [1.54, 1.807) is 29.9 Å². The molecule has 3 aromatic heterocycles. The first-order valence-corrected chi connectivity index (χ1v) is 13.6. The molecule has 1 fully saturated rings. The van der Waals surface area contributed by atoms with Crippen molar-refractivity contribution in [2.75, 3.05) is 31.2 Å². The van der Waals surface area contributed by atoms with Crippen molar-refractivity contribution in [2.45, 2.75) is 39.3 Å². The second-order valence-electron chi connectivity index (χ2n) is 10.0. The van der Waals surface area contributed by atoms with Crippen molar-refractivity contribution in [1.82, 2.24) is 19.1 Å². The van der Waals surface area contributed by atoms with Gasteiger partial charge in [-0.3, -0.25) is 4.98 Å². The molecule has 0 N–H and O–H groups in total. The van der Waals surface area contributed by atoms with E-state index in [9.17, 15) is 4.79 Å². The van der Waals surface area contributed by atoms with Gasteiger partial charge < -0.3 is 18.9 Å². The van der Waals surface area contributed by atoms with E-state index in [-0.39, 0.29) is 0 Å². The average Bonchev–Trinajstić information content (AvgIpc) is 3.55. The number of carbonyl (C=O) groups is 1. The topological polar surface area (TPSA) is 86.8 Å². The molecule has 0 atom stereocenters. The molecule has 4 heterocycles. The number of benzene rings is 1. The molecule has 0 unspecified atom stereocenters. The van der Waals surface area contributed by atoms with Gasteiger partial charge in [-0.1, -0.05) is 12.1 Å². The molecule has 0 radical (unpaired) electrons. The van der Waals surface area contributed by atoms with Crippen LogP contribution in [0, 0.1) is 0 Å². The Morgan fingerprint density at radius 3 is 2.66 bits per heavy atom. The maximum Gasteiger partial charge on any atom is 0.419 e. The van der Waals surface area contributed by atoms with Crippen molar-refractivity contribution in [3.05, 3.63) is 77.2 Å². The molecule has 4 aromatic rings. The van der Waals surface area contributed by atoms with Crippen molar-refractivity contribution < 1.29 is 14.3 Å². The summed E-state index contributed by atoms with van der Waals surface area (Å²) in [5, 5.41) is 2.14. The van der Waals surface area contributed by atoms with Crippen molar-refractivity contribution in [2.24, 2.45) is 4.99 Å². The second-order valence-corrected chi connectivity index (χ2v) is 10.9. The first kappa shape index (κ1) is 25.9. The van der Waals surface area contributed by atoms with Crippen LogP contribution < -0.4 is 9.70 Å². The summed E-state index contributed by atoms with van der Waals surface area (Å²) in [6.07, 6.45) is 6.93. The van der Waals surface area contributed by atoms with E-state index in [1.165, 1.54) is 16.6 Å². The molecule has 0 aliphatic carbocycles. The number of morpholine rings is 1. The quantitative estimate of drug-likeness (QED) is 0.351. The zero-order chi connectivity index (χ0) is 26.5. The van der Waals surface area contributed by atoms with Crippen molar-refractivity contribution in [1.29, 1.82) is 0 Å². The first-order chi connectivity index (χ1) is 18.4. The number of pyridine rings is 1. The van der Waals surface area contributed by atoms with Gasteiger partial charge >= 0.3 is 6.09 Å². The van der Waals surface area contributed by atoms with Crippen LogP contribution in [0.5, 0.6) is 0 Å². The summed E-state index contributed by atoms with van der Waals surface area (Å²) in [7, 11) is 0.